The summed E-state index contributed by atoms with van der Waals surface area (Å²) < 4.78 is 4.82. The summed E-state index contributed by atoms with van der Waals surface area (Å²) in [6.45, 7) is 6.11. The van der Waals surface area contributed by atoms with Crippen LogP contribution in [0.4, 0.5) is 0 Å². The first kappa shape index (κ1) is 11.9. The van der Waals surface area contributed by atoms with E-state index in [1.807, 2.05) is 12.2 Å². The monoisotopic (exact) mass is 182 g/mol. The number of carbonyl (C=O) groups excluding carboxylic acids is 1. The molecule has 0 spiro atoms. The number of unbranched alkanes of at least 4 members (excludes halogenated alkanes) is 1. The first-order valence-electron chi connectivity index (χ1n) is 4.72. The molecule has 0 rings (SSSR count). The molecule has 0 heterocycles. The average molecular weight is 182 g/mol. The van der Waals surface area contributed by atoms with Crippen molar-refractivity contribution < 1.29 is 9.53 Å². The van der Waals surface area contributed by atoms with Gasteiger partial charge in [0.2, 0.25) is 0 Å². The van der Waals surface area contributed by atoms with Gasteiger partial charge in [0.05, 0.1) is 6.61 Å². The number of rotatable bonds is 5. The molecule has 0 amide bonds. The van der Waals surface area contributed by atoms with E-state index < -0.39 is 0 Å². The Labute approximate surface area is 80.3 Å². The quantitative estimate of drug-likeness (QED) is 0.371. The highest BCUT2D eigenvalue weighted by molar-refractivity contribution is 5.88. The topological polar surface area (TPSA) is 26.3 Å². The van der Waals surface area contributed by atoms with Crippen molar-refractivity contribution in [3.8, 4) is 0 Å². The third-order valence-corrected chi connectivity index (χ3v) is 1.54. The number of carbonyl (C=O) groups is 1. The van der Waals surface area contributed by atoms with Crippen LogP contribution in [0.3, 0.4) is 0 Å². The van der Waals surface area contributed by atoms with Gasteiger partial charge in [-0.3, -0.25) is 0 Å². The molecule has 0 unspecified atom stereocenters. The third-order valence-electron chi connectivity index (χ3n) is 1.54. The van der Waals surface area contributed by atoms with Crippen LogP contribution in [0.5, 0.6) is 0 Å². The van der Waals surface area contributed by atoms with E-state index in [1.165, 1.54) is 0 Å². The molecular formula is C11H18O2. The van der Waals surface area contributed by atoms with Crippen molar-refractivity contribution in [3.05, 3.63) is 23.8 Å². The number of esters is 1. The lowest BCUT2D eigenvalue weighted by Crippen LogP contribution is -2.04. The summed E-state index contributed by atoms with van der Waals surface area (Å²) in [4.78, 5) is 11.1. The third kappa shape index (κ3) is 6.14. The molecule has 74 valence electrons. The van der Waals surface area contributed by atoms with E-state index in [9.17, 15) is 4.79 Å². The molecule has 0 aliphatic carbocycles. The predicted octanol–water partition coefficient (Wildman–Crippen LogP) is 2.85. The van der Waals surface area contributed by atoms with Gasteiger partial charge in [0.15, 0.2) is 0 Å². The number of hydrogen-bond donors (Lipinski definition) is 0. The van der Waals surface area contributed by atoms with Gasteiger partial charge in [-0.2, -0.15) is 0 Å². The maximum atomic E-state index is 11.1. The van der Waals surface area contributed by atoms with Gasteiger partial charge in [0, 0.05) is 5.57 Å². The zero-order valence-corrected chi connectivity index (χ0v) is 8.67. The van der Waals surface area contributed by atoms with E-state index in [4.69, 9.17) is 4.74 Å². The minimum absolute atomic E-state index is 0.233. The molecule has 0 saturated carbocycles. The summed E-state index contributed by atoms with van der Waals surface area (Å²) in [5.41, 5.74) is 0.647. The Hall–Kier alpha value is -1.05. The molecule has 0 aromatic rings. The molecule has 0 atom stereocenters. The molecule has 0 aromatic heterocycles. The number of hydrogen-bond acceptors (Lipinski definition) is 2. The van der Waals surface area contributed by atoms with E-state index >= 15 is 0 Å². The second-order valence-corrected chi connectivity index (χ2v) is 2.79. The zero-order valence-electron chi connectivity index (χ0n) is 8.67. The van der Waals surface area contributed by atoms with E-state index in [0.717, 1.165) is 12.8 Å². The molecule has 2 nitrogen and oxygen atoms in total. The zero-order chi connectivity index (χ0) is 10.1. The van der Waals surface area contributed by atoms with Gasteiger partial charge < -0.3 is 4.74 Å². The second-order valence-electron chi connectivity index (χ2n) is 2.79. The smallest absolute Gasteiger partial charge is 0.333 e. The fourth-order valence-corrected chi connectivity index (χ4v) is 0.788. The average Bonchev–Trinajstić information content (AvgIpc) is 2.12. The van der Waals surface area contributed by atoms with Crippen molar-refractivity contribution in [2.75, 3.05) is 6.61 Å². The molecule has 2 heteroatoms. The Morgan fingerprint density at radius 1 is 1.38 bits per heavy atom. The highest BCUT2D eigenvalue weighted by atomic mass is 16.5. The van der Waals surface area contributed by atoms with Gasteiger partial charge >= 0.3 is 5.97 Å². The molecular weight excluding hydrogens is 164 g/mol. The van der Waals surface area contributed by atoms with Crippen LogP contribution in [0.25, 0.3) is 0 Å². The van der Waals surface area contributed by atoms with Crippen LogP contribution in [-0.4, -0.2) is 12.6 Å². The van der Waals surface area contributed by atoms with Gasteiger partial charge in [0.1, 0.15) is 0 Å². The number of allylic oxidation sites excluding steroid dienone is 3. The number of ether oxygens (including phenoxy) is 1. The molecule has 13 heavy (non-hydrogen) atoms. The van der Waals surface area contributed by atoms with Crippen molar-refractivity contribution in [2.24, 2.45) is 0 Å². The van der Waals surface area contributed by atoms with Gasteiger partial charge in [-0.15, -0.1) is 0 Å². The van der Waals surface area contributed by atoms with Gasteiger partial charge in [-0.05, 0) is 20.3 Å². The summed E-state index contributed by atoms with van der Waals surface area (Å²) in [6, 6.07) is 0. The van der Waals surface area contributed by atoms with Crippen LogP contribution >= 0.6 is 0 Å². The maximum Gasteiger partial charge on any atom is 0.333 e. The first-order chi connectivity index (χ1) is 6.22. The lowest BCUT2D eigenvalue weighted by Gasteiger charge is -1.99. The van der Waals surface area contributed by atoms with Crippen LogP contribution in [0, 0.1) is 0 Å². The molecule has 0 aromatic carbocycles. The highest BCUT2D eigenvalue weighted by Gasteiger charge is 2.01. The van der Waals surface area contributed by atoms with Crippen LogP contribution in [-0.2, 0) is 9.53 Å². The largest absolute Gasteiger partial charge is 0.463 e. The summed E-state index contributed by atoms with van der Waals surface area (Å²) in [6.07, 6.45) is 7.90. The molecule has 0 aliphatic heterocycles. The summed E-state index contributed by atoms with van der Waals surface area (Å²) >= 11 is 0. The molecule has 0 fully saturated rings. The molecule has 0 N–H and O–H groups in total. The molecule has 0 bridgehead atoms. The first-order valence-corrected chi connectivity index (χ1v) is 4.72. The summed E-state index contributed by atoms with van der Waals surface area (Å²) in [7, 11) is 0. The normalized spacial score (nSPS) is 12.1. The minimum atomic E-state index is -0.233. The lowest BCUT2D eigenvalue weighted by atomic mass is 10.2. The van der Waals surface area contributed by atoms with Crippen molar-refractivity contribution in [3.63, 3.8) is 0 Å². The fraction of sp³-hybridized carbons (Fsp3) is 0.545. The molecule has 0 radical (unpaired) electrons. The SMILES string of the molecule is CCC/C=C/C=C(/C)C(=O)OCC. The standard InChI is InChI=1S/C11H18O2/c1-4-6-7-8-9-10(3)11(12)13-5-2/h7-9H,4-6H2,1-3H3/b8-7+,10-9-. The van der Waals surface area contributed by atoms with E-state index in [1.54, 1.807) is 19.9 Å². The minimum Gasteiger partial charge on any atom is -0.463 e. The summed E-state index contributed by atoms with van der Waals surface area (Å²) in [5.74, 6) is -0.233. The van der Waals surface area contributed by atoms with Gasteiger partial charge in [-0.25, -0.2) is 4.79 Å². The molecule has 0 aliphatic rings. The Bertz CT molecular complexity index is 202. The Balaban J connectivity index is 3.93. The molecule has 0 saturated heterocycles. The Morgan fingerprint density at radius 3 is 2.62 bits per heavy atom. The van der Waals surface area contributed by atoms with E-state index in [0.29, 0.717) is 12.2 Å². The van der Waals surface area contributed by atoms with Gasteiger partial charge in [0.25, 0.3) is 0 Å². The van der Waals surface area contributed by atoms with Crippen LogP contribution in [0.2, 0.25) is 0 Å². The van der Waals surface area contributed by atoms with Crippen molar-refractivity contribution >= 4 is 5.97 Å². The van der Waals surface area contributed by atoms with Crippen molar-refractivity contribution in [2.45, 2.75) is 33.6 Å². The van der Waals surface area contributed by atoms with E-state index in [2.05, 4.69) is 6.92 Å². The fourth-order valence-electron chi connectivity index (χ4n) is 0.788. The van der Waals surface area contributed by atoms with Crippen molar-refractivity contribution in [1.82, 2.24) is 0 Å². The Morgan fingerprint density at radius 2 is 2.08 bits per heavy atom. The summed E-state index contributed by atoms with van der Waals surface area (Å²) in [5, 5.41) is 0. The lowest BCUT2D eigenvalue weighted by molar-refractivity contribution is -0.138. The highest BCUT2D eigenvalue weighted by Crippen LogP contribution is 1.98. The van der Waals surface area contributed by atoms with Crippen LogP contribution < -0.4 is 0 Å². The van der Waals surface area contributed by atoms with Crippen LogP contribution in [0.15, 0.2) is 23.8 Å². The predicted molar refractivity (Wildman–Crippen MR) is 54.4 cm³/mol. The maximum absolute atomic E-state index is 11.1. The second kappa shape index (κ2) is 7.59. The van der Waals surface area contributed by atoms with Crippen molar-refractivity contribution in [1.29, 1.82) is 0 Å². The Kier molecular flexibility index (Phi) is 6.98. The van der Waals surface area contributed by atoms with E-state index in [-0.39, 0.29) is 5.97 Å². The van der Waals surface area contributed by atoms with Gasteiger partial charge in [-0.1, -0.05) is 31.6 Å². The van der Waals surface area contributed by atoms with Crippen LogP contribution in [0.1, 0.15) is 33.6 Å².